The number of nitrogens with zero attached hydrogens (tertiary/aromatic N) is 4. The molecule has 1 aromatic carbocycles. The summed E-state index contributed by atoms with van der Waals surface area (Å²) in [6.45, 7) is 1.22. The summed E-state index contributed by atoms with van der Waals surface area (Å²) < 4.78 is 26.7. The summed E-state index contributed by atoms with van der Waals surface area (Å²) in [5.74, 6) is 0. The maximum Gasteiger partial charge on any atom is 0.243 e. The van der Waals surface area contributed by atoms with Gasteiger partial charge in [-0.1, -0.05) is 12.1 Å². The second-order valence-corrected chi connectivity index (χ2v) is 8.56. The van der Waals surface area contributed by atoms with Crippen LogP contribution < -0.4 is 0 Å². The molecule has 0 N–H and O–H groups in total. The zero-order chi connectivity index (χ0) is 17.3. The highest BCUT2D eigenvalue weighted by Crippen LogP contribution is 2.29. The van der Waals surface area contributed by atoms with Gasteiger partial charge in [0.25, 0.3) is 0 Å². The lowest BCUT2D eigenvalue weighted by Gasteiger charge is -2.15. The minimum absolute atomic E-state index is 0.336. The fraction of sp³-hybridized carbons (Fsp3) is 0.235. The highest BCUT2D eigenvalue weighted by atomic mass is 32.2. The summed E-state index contributed by atoms with van der Waals surface area (Å²) in [5.41, 5.74) is 2.41. The highest BCUT2D eigenvalue weighted by Gasteiger charge is 2.27. The van der Waals surface area contributed by atoms with Crippen LogP contribution in [0.15, 0.2) is 53.1 Å². The molecular formula is C17H16N4O2S2. The van der Waals surface area contributed by atoms with Gasteiger partial charge in [0.05, 0.1) is 16.8 Å². The van der Waals surface area contributed by atoms with Gasteiger partial charge in [0, 0.05) is 36.4 Å². The normalized spacial score (nSPS) is 15.5. The van der Waals surface area contributed by atoms with Crippen molar-refractivity contribution >= 4 is 21.4 Å². The summed E-state index contributed by atoms with van der Waals surface area (Å²) >= 11 is 1.49. The SMILES string of the molecule is O=S(=O)(c1ccc(-c2csc(-c3cnccn3)n2)cc1)N1CCCC1. The minimum Gasteiger partial charge on any atom is -0.261 e. The quantitative estimate of drug-likeness (QED) is 0.703. The van der Waals surface area contributed by atoms with Crippen molar-refractivity contribution in [2.45, 2.75) is 17.7 Å². The van der Waals surface area contributed by atoms with E-state index >= 15 is 0 Å². The molecule has 0 bridgehead atoms. The fourth-order valence-corrected chi connectivity index (χ4v) is 5.12. The van der Waals surface area contributed by atoms with Crippen LogP contribution in [0, 0.1) is 0 Å². The zero-order valence-corrected chi connectivity index (χ0v) is 15.0. The summed E-state index contributed by atoms with van der Waals surface area (Å²) in [6.07, 6.45) is 6.79. The molecule has 0 radical (unpaired) electrons. The van der Waals surface area contributed by atoms with E-state index in [1.807, 2.05) is 5.38 Å². The van der Waals surface area contributed by atoms with E-state index in [2.05, 4.69) is 15.0 Å². The molecule has 0 unspecified atom stereocenters. The largest absolute Gasteiger partial charge is 0.261 e. The standard InChI is InChI=1S/C17H16N4O2S2/c22-25(23,21-9-1-2-10-21)14-5-3-13(4-6-14)16-12-24-17(20-16)15-11-18-7-8-19-15/h3-8,11-12H,1-2,9-10H2. The van der Waals surface area contributed by atoms with Gasteiger partial charge in [-0.2, -0.15) is 4.31 Å². The fourth-order valence-electron chi connectivity index (χ4n) is 2.81. The average Bonchev–Trinajstić information content (AvgIpc) is 3.35. The van der Waals surface area contributed by atoms with Gasteiger partial charge in [-0.25, -0.2) is 13.4 Å². The smallest absolute Gasteiger partial charge is 0.243 e. The topological polar surface area (TPSA) is 76.0 Å². The van der Waals surface area contributed by atoms with Gasteiger partial charge >= 0.3 is 0 Å². The Kier molecular flexibility index (Phi) is 4.32. The van der Waals surface area contributed by atoms with Crippen molar-refractivity contribution in [2.24, 2.45) is 0 Å². The number of rotatable bonds is 4. The van der Waals surface area contributed by atoms with E-state index in [0.29, 0.717) is 18.0 Å². The third-order valence-corrected chi connectivity index (χ3v) is 6.92. The molecule has 0 aliphatic carbocycles. The van der Waals surface area contributed by atoms with E-state index in [1.54, 1.807) is 47.2 Å². The van der Waals surface area contributed by atoms with Crippen molar-refractivity contribution < 1.29 is 8.42 Å². The van der Waals surface area contributed by atoms with E-state index < -0.39 is 10.0 Å². The molecule has 3 heterocycles. The van der Waals surface area contributed by atoms with E-state index in [9.17, 15) is 8.42 Å². The number of aromatic nitrogens is 3. The van der Waals surface area contributed by atoms with Gasteiger partial charge in [-0.15, -0.1) is 11.3 Å². The molecule has 0 spiro atoms. The third-order valence-electron chi connectivity index (χ3n) is 4.14. The molecule has 3 aromatic rings. The van der Waals surface area contributed by atoms with Crippen molar-refractivity contribution in [1.29, 1.82) is 0 Å². The first-order chi connectivity index (χ1) is 12.1. The minimum atomic E-state index is -3.38. The molecule has 8 heteroatoms. The Morgan fingerprint density at radius 3 is 2.44 bits per heavy atom. The lowest BCUT2D eigenvalue weighted by molar-refractivity contribution is 0.477. The van der Waals surface area contributed by atoms with E-state index in [1.165, 1.54) is 11.3 Å². The molecule has 1 fully saturated rings. The van der Waals surface area contributed by atoms with Crippen LogP contribution in [0.1, 0.15) is 12.8 Å². The Labute approximate surface area is 150 Å². The van der Waals surface area contributed by atoms with Gasteiger partial charge in [0.15, 0.2) is 0 Å². The van der Waals surface area contributed by atoms with Gasteiger partial charge in [-0.05, 0) is 25.0 Å². The molecule has 1 aliphatic rings. The van der Waals surface area contributed by atoms with Crippen LogP contribution in [-0.2, 0) is 10.0 Å². The Morgan fingerprint density at radius 1 is 1.00 bits per heavy atom. The Morgan fingerprint density at radius 2 is 1.76 bits per heavy atom. The predicted molar refractivity (Wildman–Crippen MR) is 96.6 cm³/mol. The van der Waals surface area contributed by atoms with Crippen LogP contribution in [0.5, 0.6) is 0 Å². The number of thiazole rings is 1. The second kappa shape index (κ2) is 6.62. The highest BCUT2D eigenvalue weighted by molar-refractivity contribution is 7.89. The number of benzene rings is 1. The van der Waals surface area contributed by atoms with E-state index in [4.69, 9.17) is 0 Å². The lowest BCUT2D eigenvalue weighted by Crippen LogP contribution is -2.27. The van der Waals surface area contributed by atoms with Crippen LogP contribution in [0.2, 0.25) is 0 Å². The Hall–Kier alpha value is -2.16. The summed E-state index contributed by atoms with van der Waals surface area (Å²) in [4.78, 5) is 13.2. The molecule has 0 atom stereocenters. The number of sulfonamides is 1. The third kappa shape index (κ3) is 3.20. The summed E-state index contributed by atoms with van der Waals surface area (Å²) in [5, 5.41) is 2.73. The molecule has 2 aromatic heterocycles. The second-order valence-electron chi connectivity index (χ2n) is 5.76. The van der Waals surface area contributed by atoms with Gasteiger partial charge < -0.3 is 0 Å². The molecule has 6 nitrogen and oxygen atoms in total. The van der Waals surface area contributed by atoms with Crippen molar-refractivity contribution in [3.05, 3.63) is 48.2 Å². The van der Waals surface area contributed by atoms with Crippen molar-refractivity contribution in [2.75, 3.05) is 13.1 Å². The molecule has 1 aliphatic heterocycles. The number of hydrogen-bond donors (Lipinski definition) is 0. The van der Waals surface area contributed by atoms with Crippen molar-refractivity contribution in [3.63, 3.8) is 0 Å². The first-order valence-corrected chi connectivity index (χ1v) is 10.3. The van der Waals surface area contributed by atoms with Crippen LogP contribution >= 0.6 is 11.3 Å². The van der Waals surface area contributed by atoms with Crippen LogP contribution in [0.4, 0.5) is 0 Å². The molecular weight excluding hydrogens is 356 g/mol. The lowest BCUT2D eigenvalue weighted by atomic mass is 10.2. The van der Waals surface area contributed by atoms with Crippen LogP contribution in [0.25, 0.3) is 22.0 Å². The van der Waals surface area contributed by atoms with Gasteiger partial charge in [0.2, 0.25) is 10.0 Å². The summed E-state index contributed by atoms with van der Waals surface area (Å²) in [7, 11) is -3.38. The average molecular weight is 372 g/mol. The molecule has 25 heavy (non-hydrogen) atoms. The van der Waals surface area contributed by atoms with Gasteiger partial charge in [-0.3, -0.25) is 9.97 Å². The Bertz CT molecular complexity index is 963. The van der Waals surface area contributed by atoms with E-state index in [0.717, 1.165) is 34.8 Å². The molecule has 1 saturated heterocycles. The maximum absolute atomic E-state index is 12.6. The first kappa shape index (κ1) is 16.3. The Balaban J connectivity index is 1.60. The predicted octanol–water partition coefficient (Wildman–Crippen LogP) is 3.05. The van der Waals surface area contributed by atoms with Crippen molar-refractivity contribution in [1.82, 2.24) is 19.3 Å². The summed E-state index contributed by atoms with van der Waals surface area (Å²) in [6, 6.07) is 6.92. The molecule has 0 amide bonds. The molecule has 4 rings (SSSR count). The van der Waals surface area contributed by atoms with Gasteiger partial charge in [0.1, 0.15) is 10.7 Å². The maximum atomic E-state index is 12.6. The number of hydrogen-bond acceptors (Lipinski definition) is 6. The zero-order valence-electron chi connectivity index (χ0n) is 13.4. The first-order valence-electron chi connectivity index (χ1n) is 7.97. The van der Waals surface area contributed by atoms with Crippen molar-refractivity contribution in [3.8, 4) is 22.0 Å². The molecule has 128 valence electrons. The monoisotopic (exact) mass is 372 g/mol. The van der Waals surface area contributed by atoms with Crippen LogP contribution in [0.3, 0.4) is 0 Å². The molecule has 0 saturated carbocycles. The van der Waals surface area contributed by atoms with Crippen LogP contribution in [-0.4, -0.2) is 40.8 Å². The van der Waals surface area contributed by atoms with E-state index in [-0.39, 0.29) is 0 Å².